The maximum atomic E-state index is 13.6. The Morgan fingerprint density at radius 2 is 1.97 bits per heavy atom. The Bertz CT molecular complexity index is 1010. The lowest BCUT2D eigenvalue weighted by Gasteiger charge is -2.38. The van der Waals surface area contributed by atoms with Crippen LogP contribution in [0.4, 0.5) is 0 Å². The van der Waals surface area contributed by atoms with E-state index in [0.717, 1.165) is 0 Å². The van der Waals surface area contributed by atoms with Crippen molar-refractivity contribution in [3.63, 3.8) is 0 Å². The Kier molecular flexibility index (Phi) is 6.91. The lowest BCUT2D eigenvalue weighted by molar-refractivity contribution is -0.151. The highest BCUT2D eigenvalue weighted by Gasteiger charge is 2.47. The molecule has 1 heterocycles. The number of nitrogens with one attached hydrogen (secondary N) is 1. The SMILES string of the molecule is CCCOC(=O)C1=C(C)NC2=C(C(=O)C(C(=O)OC)C(C)C2)C1c1ccc(OC)c(O)c1. The second-order valence-corrected chi connectivity index (χ2v) is 8.10. The molecule has 0 spiro atoms. The molecule has 0 fully saturated rings. The summed E-state index contributed by atoms with van der Waals surface area (Å²) < 4.78 is 15.4. The molecule has 0 bridgehead atoms. The second kappa shape index (κ2) is 9.46. The van der Waals surface area contributed by atoms with Crippen molar-refractivity contribution in [2.75, 3.05) is 20.8 Å². The van der Waals surface area contributed by atoms with Crippen molar-refractivity contribution in [3.05, 3.63) is 46.3 Å². The molecule has 1 aromatic rings. The fourth-order valence-corrected chi connectivity index (χ4v) is 4.44. The van der Waals surface area contributed by atoms with E-state index in [1.165, 1.54) is 20.3 Å². The Hall–Kier alpha value is -3.29. The van der Waals surface area contributed by atoms with Crippen LogP contribution in [0, 0.1) is 11.8 Å². The number of phenolic OH excluding ortho intramolecular Hbond substituents is 1. The number of ether oxygens (including phenoxy) is 3. The summed E-state index contributed by atoms with van der Waals surface area (Å²) in [6.45, 7) is 5.70. The van der Waals surface area contributed by atoms with Crippen molar-refractivity contribution in [1.29, 1.82) is 0 Å². The molecule has 0 amide bonds. The molecule has 8 nitrogen and oxygen atoms in total. The zero-order valence-electron chi connectivity index (χ0n) is 19.0. The predicted octanol–water partition coefficient (Wildman–Crippen LogP) is 2.97. The lowest BCUT2D eigenvalue weighted by Crippen LogP contribution is -2.43. The summed E-state index contributed by atoms with van der Waals surface area (Å²) in [7, 11) is 2.69. The Morgan fingerprint density at radius 3 is 2.56 bits per heavy atom. The highest BCUT2D eigenvalue weighted by molar-refractivity contribution is 6.12. The van der Waals surface area contributed by atoms with Crippen LogP contribution in [-0.4, -0.2) is 43.7 Å². The van der Waals surface area contributed by atoms with Crippen LogP contribution in [0.5, 0.6) is 11.5 Å². The Morgan fingerprint density at radius 1 is 1.25 bits per heavy atom. The topological polar surface area (TPSA) is 111 Å². The lowest BCUT2D eigenvalue weighted by atomic mass is 9.69. The molecule has 2 aliphatic rings. The summed E-state index contributed by atoms with van der Waals surface area (Å²) in [4.78, 5) is 39.1. The fourth-order valence-electron chi connectivity index (χ4n) is 4.44. The number of Topliss-reactive ketones (excluding diaryl/α,β-unsaturated/α-hetero) is 1. The average Bonchev–Trinajstić information content (AvgIpc) is 2.76. The van der Waals surface area contributed by atoms with Gasteiger partial charge < -0.3 is 24.6 Å². The van der Waals surface area contributed by atoms with E-state index < -0.39 is 29.6 Å². The number of hydrogen-bond donors (Lipinski definition) is 2. The van der Waals surface area contributed by atoms with Crippen LogP contribution in [0.15, 0.2) is 40.7 Å². The molecule has 3 rings (SSSR count). The highest BCUT2D eigenvalue weighted by atomic mass is 16.5. The van der Waals surface area contributed by atoms with Gasteiger partial charge in [0.2, 0.25) is 0 Å². The summed E-state index contributed by atoms with van der Waals surface area (Å²) in [6.07, 6.45) is 1.09. The maximum Gasteiger partial charge on any atom is 0.336 e. The number of aromatic hydroxyl groups is 1. The van der Waals surface area contributed by atoms with E-state index in [-0.39, 0.29) is 29.6 Å². The third-order valence-electron chi connectivity index (χ3n) is 5.94. The molecule has 1 aromatic carbocycles. The van der Waals surface area contributed by atoms with Crippen LogP contribution in [0.25, 0.3) is 0 Å². The van der Waals surface area contributed by atoms with Gasteiger partial charge in [0.1, 0.15) is 5.92 Å². The van der Waals surface area contributed by atoms with Crippen molar-refractivity contribution >= 4 is 17.7 Å². The Labute approximate surface area is 187 Å². The van der Waals surface area contributed by atoms with E-state index in [1.54, 1.807) is 19.1 Å². The van der Waals surface area contributed by atoms with Gasteiger partial charge in [-0.1, -0.05) is 19.9 Å². The van der Waals surface area contributed by atoms with Crippen LogP contribution in [0.1, 0.15) is 45.1 Å². The van der Waals surface area contributed by atoms with Gasteiger partial charge in [0.25, 0.3) is 0 Å². The quantitative estimate of drug-likeness (QED) is 0.510. The monoisotopic (exact) mass is 443 g/mol. The van der Waals surface area contributed by atoms with Gasteiger partial charge in [-0.15, -0.1) is 0 Å². The zero-order valence-corrected chi connectivity index (χ0v) is 19.0. The number of methoxy groups -OCH3 is 2. The number of ketones is 1. The van der Waals surface area contributed by atoms with Gasteiger partial charge in [0, 0.05) is 22.9 Å². The zero-order chi connectivity index (χ0) is 23.6. The number of carbonyl (C=O) groups is 3. The third kappa shape index (κ3) is 4.09. The Balaban J connectivity index is 2.18. The first-order valence-corrected chi connectivity index (χ1v) is 10.6. The smallest absolute Gasteiger partial charge is 0.336 e. The summed E-state index contributed by atoms with van der Waals surface area (Å²) in [5.41, 5.74) is 2.34. The van der Waals surface area contributed by atoms with Crippen LogP contribution >= 0.6 is 0 Å². The van der Waals surface area contributed by atoms with Gasteiger partial charge in [0.05, 0.1) is 26.4 Å². The van der Waals surface area contributed by atoms with Crippen LogP contribution in [0.3, 0.4) is 0 Å². The predicted molar refractivity (Wildman–Crippen MR) is 116 cm³/mol. The first-order chi connectivity index (χ1) is 15.2. The van der Waals surface area contributed by atoms with Crippen molar-refractivity contribution < 1.29 is 33.7 Å². The number of carbonyl (C=O) groups excluding carboxylic acids is 3. The molecule has 3 atom stereocenters. The van der Waals surface area contributed by atoms with Crippen LogP contribution < -0.4 is 10.1 Å². The summed E-state index contributed by atoms with van der Waals surface area (Å²) in [6, 6.07) is 4.74. The number of esters is 2. The first kappa shape index (κ1) is 23.4. The second-order valence-electron chi connectivity index (χ2n) is 8.10. The summed E-state index contributed by atoms with van der Waals surface area (Å²) in [5, 5.41) is 13.6. The average molecular weight is 443 g/mol. The number of benzene rings is 1. The number of phenols is 1. The molecule has 8 heteroatoms. The van der Waals surface area contributed by atoms with E-state index in [1.807, 2.05) is 13.8 Å². The molecular formula is C24H29NO7. The van der Waals surface area contributed by atoms with E-state index in [9.17, 15) is 19.5 Å². The van der Waals surface area contributed by atoms with Gasteiger partial charge in [-0.25, -0.2) is 4.79 Å². The normalized spacial score (nSPS) is 22.8. The number of rotatable bonds is 6. The molecular weight excluding hydrogens is 414 g/mol. The van der Waals surface area contributed by atoms with Gasteiger partial charge in [0.15, 0.2) is 17.3 Å². The minimum atomic E-state index is -0.971. The minimum Gasteiger partial charge on any atom is -0.504 e. The van der Waals surface area contributed by atoms with Crippen LogP contribution in [0.2, 0.25) is 0 Å². The molecule has 32 heavy (non-hydrogen) atoms. The molecule has 3 unspecified atom stereocenters. The largest absolute Gasteiger partial charge is 0.504 e. The fraction of sp³-hybridized carbons (Fsp3) is 0.458. The van der Waals surface area contributed by atoms with Crippen molar-refractivity contribution in [1.82, 2.24) is 5.32 Å². The molecule has 172 valence electrons. The number of dihydropyridines is 1. The third-order valence-corrected chi connectivity index (χ3v) is 5.94. The summed E-state index contributed by atoms with van der Waals surface area (Å²) in [5.74, 6) is -3.45. The van der Waals surface area contributed by atoms with Crippen LogP contribution in [-0.2, 0) is 23.9 Å². The first-order valence-electron chi connectivity index (χ1n) is 10.6. The number of allylic oxidation sites excluding steroid dienone is 3. The van der Waals surface area contributed by atoms with Crippen molar-refractivity contribution in [2.45, 2.75) is 39.5 Å². The van der Waals surface area contributed by atoms with Gasteiger partial charge in [-0.3, -0.25) is 9.59 Å². The molecule has 0 aromatic heterocycles. The summed E-state index contributed by atoms with van der Waals surface area (Å²) >= 11 is 0. The van der Waals surface area contributed by atoms with E-state index in [4.69, 9.17) is 14.2 Å². The molecule has 2 N–H and O–H groups in total. The molecule has 0 radical (unpaired) electrons. The molecule has 0 saturated carbocycles. The van der Waals surface area contributed by atoms with E-state index in [0.29, 0.717) is 35.4 Å². The standard InChI is InChI=1S/C24H29NO7/c1-6-9-32-24(29)19-13(3)25-15-10-12(2)18(23(28)31-5)22(27)21(15)20(19)14-7-8-17(30-4)16(26)11-14/h7-8,11-12,18,20,25-26H,6,9-10H2,1-5H3. The molecule has 0 saturated heterocycles. The van der Waals surface area contributed by atoms with E-state index in [2.05, 4.69) is 5.32 Å². The maximum absolute atomic E-state index is 13.6. The molecule has 1 aliphatic carbocycles. The van der Waals surface area contributed by atoms with Gasteiger partial charge in [-0.05, 0) is 43.4 Å². The molecule has 1 aliphatic heterocycles. The number of hydrogen-bond acceptors (Lipinski definition) is 8. The minimum absolute atomic E-state index is 0.120. The van der Waals surface area contributed by atoms with Gasteiger partial charge in [-0.2, -0.15) is 0 Å². The van der Waals surface area contributed by atoms with Crippen molar-refractivity contribution in [3.8, 4) is 11.5 Å². The van der Waals surface area contributed by atoms with E-state index >= 15 is 0 Å². The highest BCUT2D eigenvalue weighted by Crippen LogP contribution is 2.46. The van der Waals surface area contributed by atoms with Crippen molar-refractivity contribution in [2.24, 2.45) is 11.8 Å². The van der Waals surface area contributed by atoms with Gasteiger partial charge >= 0.3 is 11.9 Å².